The van der Waals surface area contributed by atoms with Crippen molar-refractivity contribution in [3.8, 4) is 0 Å². The van der Waals surface area contributed by atoms with Crippen LogP contribution in [0.3, 0.4) is 0 Å². The van der Waals surface area contributed by atoms with Crippen molar-refractivity contribution in [3.05, 3.63) is 50.4 Å². The quantitative estimate of drug-likeness (QED) is 0.918. The minimum absolute atomic E-state index is 0.218. The summed E-state index contributed by atoms with van der Waals surface area (Å²) in [6, 6.07) is 6.42. The van der Waals surface area contributed by atoms with E-state index >= 15 is 0 Å². The van der Waals surface area contributed by atoms with Gasteiger partial charge in [0.1, 0.15) is 0 Å². The predicted molar refractivity (Wildman–Crippen MR) is 78.5 cm³/mol. The van der Waals surface area contributed by atoms with E-state index in [1.807, 2.05) is 20.0 Å². The smallest absolute Gasteiger partial charge is 0.0898 e. The number of thiazole rings is 1. The molecule has 2 aromatic rings. The molecular weight excluding hydrogens is 264 g/mol. The van der Waals surface area contributed by atoms with Gasteiger partial charge in [0.25, 0.3) is 0 Å². The molecule has 1 aromatic carbocycles. The zero-order valence-corrected chi connectivity index (χ0v) is 12.4. The van der Waals surface area contributed by atoms with Crippen LogP contribution in [0.1, 0.15) is 27.9 Å². The first-order chi connectivity index (χ1) is 8.60. The molecule has 0 spiro atoms. The van der Waals surface area contributed by atoms with Crippen molar-refractivity contribution >= 4 is 22.9 Å². The average molecular weight is 281 g/mol. The molecule has 0 saturated carbocycles. The van der Waals surface area contributed by atoms with Gasteiger partial charge in [0.15, 0.2) is 0 Å². The normalized spacial score (nSPS) is 12.7. The number of nitrogens with zero attached hydrogens (tertiary/aromatic N) is 1. The van der Waals surface area contributed by atoms with E-state index in [1.165, 1.54) is 5.56 Å². The molecule has 1 N–H and O–H groups in total. The Morgan fingerprint density at radius 3 is 2.72 bits per heavy atom. The summed E-state index contributed by atoms with van der Waals surface area (Å²) >= 11 is 7.96. The van der Waals surface area contributed by atoms with E-state index < -0.39 is 0 Å². The summed E-state index contributed by atoms with van der Waals surface area (Å²) in [5, 5.41) is 7.35. The molecule has 0 aliphatic heterocycles. The van der Waals surface area contributed by atoms with Crippen molar-refractivity contribution in [2.75, 3.05) is 7.05 Å². The van der Waals surface area contributed by atoms with Crippen molar-refractivity contribution in [1.82, 2.24) is 10.3 Å². The van der Waals surface area contributed by atoms with Gasteiger partial charge in [-0.25, -0.2) is 4.98 Å². The molecule has 1 unspecified atom stereocenters. The molecule has 18 heavy (non-hydrogen) atoms. The number of hydrogen-bond donors (Lipinski definition) is 1. The topological polar surface area (TPSA) is 24.9 Å². The van der Waals surface area contributed by atoms with E-state index in [0.717, 1.165) is 27.7 Å². The van der Waals surface area contributed by atoms with E-state index in [-0.39, 0.29) is 6.04 Å². The Bertz CT molecular complexity index is 536. The van der Waals surface area contributed by atoms with Gasteiger partial charge in [0.05, 0.1) is 16.7 Å². The monoisotopic (exact) mass is 280 g/mol. The third kappa shape index (κ3) is 3.10. The van der Waals surface area contributed by atoms with E-state index in [2.05, 4.69) is 34.7 Å². The van der Waals surface area contributed by atoms with Crippen LogP contribution < -0.4 is 5.32 Å². The van der Waals surface area contributed by atoms with Gasteiger partial charge in [-0.05, 0) is 44.5 Å². The molecule has 0 amide bonds. The minimum Gasteiger partial charge on any atom is -0.311 e. The minimum atomic E-state index is 0.218. The number of hydrogen-bond acceptors (Lipinski definition) is 3. The number of likely N-dealkylation sites (N-methyl/N-ethyl adjacent to an activating group) is 1. The van der Waals surface area contributed by atoms with Gasteiger partial charge < -0.3 is 5.32 Å². The molecule has 1 heterocycles. The fourth-order valence-corrected chi connectivity index (χ4v) is 2.91. The van der Waals surface area contributed by atoms with E-state index in [1.54, 1.807) is 11.3 Å². The van der Waals surface area contributed by atoms with Crippen LogP contribution >= 0.6 is 22.9 Å². The molecule has 96 valence electrons. The Morgan fingerprint density at radius 2 is 2.17 bits per heavy atom. The van der Waals surface area contributed by atoms with Gasteiger partial charge in [-0.15, -0.1) is 11.3 Å². The largest absolute Gasteiger partial charge is 0.311 e. The third-order valence-corrected chi connectivity index (χ3v) is 4.12. The van der Waals surface area contributed by atoms with Crippen LogP contribution in [0.2, 0.25) is 5.02 Å². The first-order valence-corrected chi connectivity index (χ1v) is 7.20. The summed E-state index contributed by atoms with van der Waals surface area (Å²) < 4.78 is 0. The number of aromatic nitrogens is 1. The molecule has 0 bridgehead atoms. The average Bonchev–Trinajstić information content (AvgIpc) is 2.75. The molecule has 0 aliphatic rings. The number of nitrogens with one attached hydrogen (secondary N) is 1. The van der Waals surface area contributed by atoms with E-state index in [9.17, 15) is 0 Å². The van der Waals surface area contributed by atoms with Crippen LogP contribution in [0.4, 0.5) is 0 Å². The first-order valence-electron chi connectivity index (χ1n) is 5.94. The molecule has 0 saturated heterocycles. The van der Waals surface area contributed by atoms with Gasteiger partial charge in [-0.2, -0.15) is 0 Å². The summed E-state index contributed by atoms with van der Waals surface area (Å²) in [7, 11) is 1.96. The predicted octanol–water partition coefficient (Wildman–Crippen LogP) is 3.92. The molecule has 1 atom stereocenters. The van der Waals surface area contributed by atoms with Crippen LogP contribution in [0.15, 0.2) is 23.6 Å². The molecule has 2 rings (SSSR count). The standard InChI is InChI=1S/C14H17ClN2S/c1-9-4-5-11(12(15)6-9)7-13(16-3)14-8-18-10(2)17-14/h4-6,8,13,16H,7H2,1-3H3. The van der Waals surface area contributed by atoms with Gasteiger partial charge in [0, 0.05) is 10.4 Å². The Labute approximate surface area is 117 Å². The van der Waals surface area contributed by atoms with Crippen LogP contribution in [0.25, 0.3) is 0 Å². The number of halogens is 1. The summed E-state index contributed by atoms with van der Waals surface area (Å²) in [4.78, 5) is 4.54. The maximum atomic E-state index is 6.28. The third-order valence-electron chi connectivity index (χ3n) is 2.97. The van der Waals surface area contributed by atoms with Gasteiger partial charge in [0.2, 0.25) is 0 Å². The Hall–Kier alpha value is -0.900. The number of rotatable bonds is 4. The molecule has 0 aliphatic carbocycles. The zero-order valence-electron chi connectivity index (χ0n) is 10.8. The lowest BCUT2D eigenvalue weighted by Crippen LogP contribution is -2.19. The Morgan fingerprint density at radius 1 is 1.39 bits per heavy atom. The Kier molecular flexibility index (Phi) is 4.38. The van der Waals surface area contributed by atoms with Crippen LogP contribution in [0, 0.1) is 13.8 Å². The highest BCUT2D eigenvalue weighted by atomic mass is 35.5. The van der Waals surface area contributed by atoms with Gasteiger partial charge >= 0.3 is 0 Å². The highest BCUT2D eigenvalue weighted by Crippen LogP contribution is 2.25. The second-order valence-electron chi connectivity index (χ2n) is 4.43. The molecule has 2 nitrogen and oxygen atoms in total. The summed E-state index contributed by atoms with van der Waals surface area (Å²) in [5.41, 5.74) is 3.44. The van der Waals surface area contributed by atoms with Crippen LogP contribution in [0.5, 0.6) is 0 Å². The van der Waals surface area contributed by atoms with Crippen molar-refractivity contribution < 1.29 is 0 Å². The SMILES string of the molecule is CNC(Cc1ccc(C)cc1Cl)c1csc(C)n1. The van der Waals surface area contributed by atoms with Crippen molar-refractivity contribution in [2.24, 2.45) is 0 Å². The molecule has 4 heteroatoms. The van der Waals surface area contributed by atoms with Crippen LogP contribution in [-0.4, -0.2) is 12.0 Å². The van der Waals surface area contributed by atoms with E-state index in [4.69, 9.17) is 11.6 Å². The van der Waals surface area contributed by atoms with Crippen molar-refractivity contribution in [1.29, 1.82) is 0 Å². The molecule has 1 aromatic heterocycles. The second-order valence-corrected chi connectivity index (χ2v) is 5.90. The number of benzene rings is 1. The highest BCUT2D eigenvalue weighted by Gasteiger charge is 2.14. The number of aryl methyl sites for hydroxylation is 2. The van der Waals surface area contributed by atoms with Gasteiger partial charge in [-0.3, -0.25) is 0 Å². The fourth-order valence-electron chi connectivity index (χ4n) is 1.93. The summed E-state index contributed by atoms with van der Waals surface area (Å²) in [6.07, 6.45) is 0.860. The Balaban J connectivity index is 2.20. The summed E-state index contributed by atoms with van der Waals surface area (Å²) in [5.74, 6) is 0. The fraction of sp³-hybridized carbons (Fsp3) is 0.357. The molecule has 0 radical (unpaired) electrons. The second kappa shape index (κ2) is 5.83. The van der Waals surface area contributed by atoms with Crippen molar-refractivity contribution in [3.63, 3.8) is 0 Å². The molecule has 0 fully saturated rings. The lowest BCUT2D eigenvalue weighted by atomic mass is 10.0. The first kappa shape index (κ1) is 13.5. The van der Waals surface area contributed by atoms with E-state index in [0.29, 0.717) is 0 Å². The highest BCUT2D eigenvalue weighted by molar-refractivity contribution is 7.09. The zero-order chi connectivity index (χ0) is 13.1. The maximum Gasteiger partial charge on any atom is 0.0898 e. The lowest BCUT2D eigenvalue weighted by Gasteiger charge is -2.15. The maximum absolute atomic E-state index is 6.28. The van der Waals surface area contributed by atoms with Crippen molar-refractivity contribution in [2.45, 2.75) is 26.3 Å². The summed E-state index contributed by atoms with van der Waals surface area (Å²) in [6.45, 7) is 4.08. The van der Waals surface area contributed by atoms with Gasteiger partial charge in [-0.1, -0.05) is 23.7 Å². The molecular formula is C14H17ClN2S. The lowest BCUT2D eigenvalue weighted by molar-refractivity contribution is 0.578. The van der Waals surface area contributed by atoms with Crippen LogP contribution in [-0.2, 0) is 6.42 Å².